The van der Waals surface area contributed by atoms with Crippen LogP contribution >= 0.6 is 0 Å². The molecule has 0 spiro atoms. The van der Waals surface area contributed by atoms with Crippen LogP contribution in [0.5, 0.6) is 0 Å². The van der Waals surface area contributed by atoms with Crippen molar-refractivity contribution in [2.75, 3.05) is 5.32 Å². The highest BCUT2D eigenvalue weighted by molar-refractivity contribution is 7.91. The van der Waals surface area contributed by atoms with E-state index >= 15 is 0 Å². The van der Waals surface area contributed by atoms with E-state index in [9.17, 15) is 13.2 Å². The number of anilines is 1. The number of carbonyl (C=O) groups is 1. The lowest BCUT2D eigenvalue weighted by molar-refractivity contribution is -0.117. The minimum Gasteiger partial charge on any atom is -0.325 e. The third kappa shape index (κ3) is 2.45. The van der Waals surface area contributed by atoms with Gasteiger partial charge in [-0.05, 0) is 29.9 Å². The number of hydrogen-bond acceptors (Lipinski definition) is 3. The summed E-state index contributed by atoms with van der Waals surface area (Å²) in [7, 11) is -3.95. The number of primary sulfonamides is 1. The molecule has 6 heteroatoms. The van der Waals surface area contributed by atoms with E-state index in [4.69, 9.17) is 5.14 Å². The fourth-order valence-electron chi connectivity index (χ4n) is 2.70. The molecule has 0 aliphatic heterocycles. The van der Waals surface area contributed by atoms with Gasteiger partial charge in [0.2, 0.25) is 15.9 Å². The standard InChI is InChI=1S/C14H20N2O3S/c1-13(2,3)11-9-14(11,20(15,18)19)12(17)16-10-7-5-4-6-8-10/h4-8,11H,9H2,1-3H3,(H,16,17)(H2,15,18,19). The molecule has 0 heterocycles. The number of sulfonamides is 1. The Hall–Kier alpha value is -1.40. The fourth-order valence-corrected chi connectivity index (χ4v) is 4.16. The quantitative estimate of drug-likeness (QED) is 0.890. The maximum atomic E-state index is 12.4. The number of carbonyl (C=O) groups excluding carboxylic acids is 1. The Morgan fingerprint density at radius 2 is 1.85 bits per heavy atom. The first-order valence-electron chi connectivity index (χ1n) is 6.48. The molecule has 1 aliphatic carbocycles. The van der Waals surface area contributed by atoms with Crippen LogP contribution in [-0.2, 0) is 14.8 Å². The van der Waals surface area contributed by atoms with Gasteiger partial charge in [-0.2, -0.15) is 0 Å². The third-order valence-electron chi connectivity index (χ3n) is 3.88. The van der Waals surface area contributed by atoms with Gasteiger partial charge in [-0.1, -0.05) is 39.0 Å². The summed E-state index contributed by atoms with van der Waals surface area (Å²) in [5, 5.41) is 7.98. The van der Waals surface area contributed by atoms with Gasteiger partial charge in [0.15, 0.2) is 4.75 Å². The van der Waals surface area contributed by atoms with Crippen molar-refractivity contribution in [2.24, 2.45) is 16.5 Å². The Morgan fingerprint density at radius 3 is 2.25 bits per heavy atom. The highest BCUT2D eigenvalue weighted by atomic mass is 32.2. The second-order valence-electron chi connectivity index (χ2n) is 6.38. The average molecular weight is 296 g/mol. The molecule has 0 bridgehead atoms. The van der Waals surface area contributed by atoms with Crippen LogP contribution < -0.4 is 10.5 Å². The van der Waals surface area contributed by atoms with Gasteiger partial charge in [-0.25, -0.2) is 13.6 Å². The van der Waals surface area contributed by atoms with Crippen LogP contribution in [0.4, 0.5) is 5.69 Å². The minimum atomic E-state index is -3.95. The topological polar surface area (TPSA) is 89.3 Å². The number of para-hydroxylation sites is 1. The van der Waals surface area contributed by atoms with E-state index in [1.54, 1.807) is 24.3 Å². The Bertz CT molecular complexity index is 620. The summed E-state index contributed by atoms with van der Waals surface area (Å²) in [6, 6.07) is 8.79. The molecule has 3 N–H and O–H groups in total. The highest BCUT2D eigenvalue weighted by Crippen LogP contribution is 2.58. The molecule has 0 radical (unpaired) electrons. The predicted molar refractivity (Wildman–Crippen MR) is 78.5 cm³/mol. The lowest BCUT2D eigenvalue weighted by Crippen LogP contribution is -2.45. The summed E-state index contributed by atoms with van der Waals surface area (Å²) in [6.07, 6.45) is 0.272. The second kappa shape index (κ2) is 4.56. The lowest BCUT2D eigenvalue weighted by atomic mass is 9.88. The predicted octanol–water partition coefficient (Wildman–Crippen LogP) is 1.72. The molecule has 1 amide bonds. The first-order chi connectivity index (χ1) is 9.09. The number of rotatable bonds is 3. The maximum Gasteiger partial charge on any atom is 0.247 e. The summed E-state index contributed by atoms with van der Waals surface area (Å²) in [4.78, 5) is 12.4. The number of benzene rings is 1. The van der Waals surface area contributed by atoms with Crippen molar-refractivity contribution in [3.63, 3.8) is 0 Å². The number of nitrogens with one attached hydrogen (secondary N) is 1. The molecule has 0 saturated heterocycles. The Morgan fingerprint density at radius 1 is 1.30 bits per heavy atom. The molecule has 1 fully saturated rings. The fraction of sp³-hybridized carbons (Fsp3) is 0.500. The van der Waals surface area contributed by atoms with Crippen LogP contribution in [0.3, 0.4) is 0 Å². The zero-order valence-corrected chi connectivity index (χ0v) is 12.7. The molecule has 0 aromatic heterocycles. The van der Waals surface area contributed by atoms with Crippen molar-refractivity contribution in [1.29, 1.82) is 0 Å². The molecule has 1 aliphatic rings. The van der Waals surface area contributed by atoms with Crippen molar-refractivity contribution in [3.8, 4) is 0 Å². The molecule has 1 aromatic carbocycles. The normalized spacial score (nSPS) is 26.1. The SMILES string of the molecule is CC(C)(C)C1CC1(C(=O)Nc1ccccc1)S(N)(=O)=O. The summed E-state index contributed by atoms with van der Waals surface area (Å²) in [6.45, 7) is 5.75. The molecule has 2 unspecified atom stereocenters. The number of nitrogens with two attached hydrogens (primary N) is 1. The summed E-state index contributed by atoms with van der Waals surface area (Å²) < 4.78 is 22.3. The molecule has 2 atom stereocenters. The largest absolute Gasteiger partial charge is 0.325 e. The maximum absolute atomic E-state index is 12.4. The average Bonchev–Trinajstić information content (AvgIpc) is 3.05. The van der Waals surface area contributed by atoms with Crippen molar-refractivity contribution in [3.05, 3.63) is 30.3 Å². The molecule has 20 heavy (non-hydrogen) atoms. The number of hydrogen-bond donors (Lipinski definition) is 2. The Balaban J connectivity index is 2.30. The molecule has 110 valence electrons. The van der Waals surface area contributed by atoms with Crippen LogP contribution in [0, 0.1) is 11.3 Å². The van der Waals surface area contributed by atoms with E-state index < -0.39 is 20.7 Å². The molecule has 1 aromatic rings. The van der Waals surface area contributed by atoms with Gasteiger partial charge in [-0.3, -0.25) is 4.79 Å². The van der Waals surface area contributed by atoms with Gasteiger partial charge in [0, 0.05) is 5.69 Å². The lowest BCUT2D eigenvalue weighted by Gasteiger charge is -2.23. The zero-order chi connectivity index (χ0) is 15.2. The van der Waals surface area contributed by atoms with Gasteiger partial charge in [0.05, 0.1) is 0 Å². The summed E-state index contributed by atoms with van der Waals surface area (Å²) >= 11 is 0. The number of amides is 1. The van der Waals surface area contributed by atoms with Crippen LogP contribution in [-0.4, -0.2) is 19.1 Å². The van der Waals surface area contributed by atoms with Gasteiger partial charge < -0.3 is 5.32 Å². The Kier molecular flexibility index (Phi) is 3.42. The molecule has 1 saturated carbocycles. The zero-order valence-electron chi connectivity index (χ0n) is 11.9. The minimum absolute atomic E-state index is 0.270. The van der Waals surface area contributed by atoms with Crippen molar-refractivity contribution in [1.82, 2.24) is 0 Å². The van der Waals surface area contributed by atoms with E-state index in [-0.39, 0.29) is 17.8 Å². The van der Waals surface area contributed by atoms with E-state index in [1.165, 1.54) is 0 Å². The van der Waals surface area contributed by atoms with Crippen molar-refractivity contribution >= 4 is 21.6 Å². The molecule has 2 rings (SSSR count). The first-order valence-corrected chi connectivity index (χ1v) is 8.02. The van der Waals surface area contributed by atoms with E-state index in [0.29, 0.717) is 5.69 Å². The van der Waals surface area contributed by atoms with Crippen molar-refractivity contribution < 1.29 is 13.2 Å². The monoisotopic (exact) mass is 296 g/mol. The molecule has 5 nitrogen and oxygen atoms in total. The van der Waals surface area contributed by atoms with E-state index in [2.05, 4.69) is 5.32 Å². The van der Waals surface area contributed by atoms with Gasteiger partial charge in [0.1, 0.15) is 0 Å². The first kappa shape index (κ1) is 15.0. The Labute approximate surface area is 119 Å². The third-order valence-corrected chi connectivity index (χ3v) is 5.53. The highest BCUT2D eigenvalue weighted by Gasteiger charge is 2.71. The van der Waals surface area contributed by atoms with Crippen LogP contribution in [0.2, 0.25) is 0 Å². The van der Waals surface area contributed by atoms with Gasteiger partial charge >= 0.3 is 0 Å². The molecular weight excluding hydrogens is 276 g/mol. The van der Waals surface area contributed by atoms with Crippen LogP contribution in [0.25, 0.3) is 0 Å². The van der Waals surface area contributed by atoms with E-state index in [0.717, 1.165) is 0 Å². The smallest absolute Gasteiger partial charge is 0.247 e. The van der Waals surface area contributed by atoms with Crippen LogP contribution in [0.1, 0.15) is 27.2 Å². The summed E-state index contributed by atoms with van der Waals surface area (Å²) in [5.74, 6) is -0.806. The van der Waals surface area contributed by atoms with Gasteiger partial charge in [0.25, 0.3) is 0 Å². The van der Waals surface area contributed by atoms with E-state index in [1.807, 2.05) is 26.8 Å². The van der Waals surface area contributed by atoms with Gasteiger partial charge in [-0.15, -0.1) is 0 Å². The molecular formula is C14H20N2O3S. The van der Waals surface area contributed by atoms with Crippen molar-refractivity contribution in [2.45, 2.75) is 31.9 Å². The van der Waals surface area contributed by atoms with Crippen LogP contribution in [0.15, 0.2) is 30.3 Å². The second-order valence-corrected chi connectivity index (χ2v) is 8.20. The summed E-state index contributed by atoms with van der Waals surface area (Å²) in [5.41, 5.74) is 0.278.